The molecule has 1 saturated heterocycles. The summed E-state index contributed by atoms with van der Waals surface area (Å²) in [5, 5.41) is 16.0. The molecule has 0 spiro atoms. The van der Waals surface area contributed by atoms with Gasteiger partial charge in [-0.05, 0) is 51.5 Å². The molecule has 108 valence electrons. The molecule has 2 heterocycles. The van der Waals surface area contributed by atoms with E-state index in [-0.39, 0.29) is 5.54 Å². The Morgan fingerprint density at radius 3 is 2.53 bits per heavy atom. The van der Waals surface area contributed by atoms with Crippen LogP contribution < -0.4 is 5.32 Å². The first-order valence-electron chi connectivity index (χ1n) is 7.25. The van der Waals surface area contributed by atoms with Gasteiger partial charge in [0, 0.05) is 18.0 Å². The molecule has 0 saturated carbocycles. The second kappa shape index (κ2) is 5.96. The van der Waals surface area contributed by atoms with Crippen LogP contribution in [-0.2, 0) is 13.5 Å². The number of tetrazole rings is 1. The number of likely N-dealkylation sites (N-methyl/N-ethyl adjacent to an activating group) is 1. The molecule has 1 unspecified atom stereocenters. The van der Waals surface area contributed by atoms with Crippen molar-refractivity contribution in [2.45, 2.75) is 51.6 Å². The van der Waals surface area contributed by atoms with Gasteiger partial charge in [-0.2, -0.15) is 4.80 Å². The predicted molar refractivity (Wildman–Crippen MR) is 74.9 cm³/mol. The lowest BCUT2D eigenvalue weighted by Crippen LogP contribution is -2.57. The lowest BCUT2D eigenvalue weighted by molar-refractivity contribution is 0.106. The molecular formula is C13H26N6. The molecule has 1 aliphatic rings. The quantitative estimate of drug-likeness (QED) is 0.817. The van der Waals surface area contributed by atoms with Crippen molar-refractivity contribution >= 4 is 0 Å². The van der Waals surface area contributed by atoms with Crippen LogP contribution in [-0.4, -0.2) is 56.3 Å². The van der Waals surface area contributed by atoms with E-state index in [0.717, 1.165) is 18.8 Å². The highest BCUT2D eigenvalue weighted by molar-refractivity contribution is 4.99. The van der Waals surface area contributed by atoms with Crippen molar-refractivity contribution in [3.8, 4) is 0 Å². The van der Waals surface area contributed by atoms with Gasteiger partial charge in [-0.15, -0.1) is 10.2 Å². The molecule has 1 N–H and O–H groups in total. The first-order chi connectivity index (χ1) is 9.04. The van der Waals surface area contributed by atoms with Crippen molar-refractivity contribution in [3.63, 3.8) is 0 Å². The van der Waals surface area contributed by atoms with Crippen LogP contribution >= 0.6 is 0 Å². The summed E-state index contributed by atoms with van der Waals surface area (Å²) >= 11 is 0. The van der Waals surface area contributed by atoms with Crippen molar-refractivity contribution in [1.82, 2.24) is 30.4 Å². The number of likely N-dealkylation sites (tertiary alicyclic amines) is 1. The van der Waals surface area contributed by atoms with Crippen molar-refractivity contribution in [2.75, 3.05) is 19.6 Å². The molecule has 19 heavy (non-hydrogen) atoms. The minimum Gasteiger partial charge on any atom is -0.312 e. The average Bonchev–Trinajstić information content (AvgIpc) is 3.00. The Bertz CT molecular complexity index is 394. The van der Waals surface area contributed by atoms with E-state index in [1.165, 1.54) is 30.7 Å². The van der Waals surface area contributed by atoms with E-state index >= 15 is 0 Å². The summed E-state index contributed by atoms with van der Waals surface area (Å²) < 4.78 is 0. The summed E-state index contributed by atoms with van der Waals surface area (Å²) in [5.74, 6) is 0.820. The molecule has 1 atom stereocenters. The summed E-state index contributed by atoms with van der Waals surface area (Å²) in [6, 6.07) is 0.347. The highest BCUT2D eigenvalue weighted by atomic mass is 15.6. The second-order valence-electron chi connectivity index (χ2n) is 5.86. The first-order valence-corrected chi connectivity index (χ1v) is 7.25. The van der Waals surface area contributed by atoms with Gasteiger partial charge in [-0.1, -0.05) is 6.92 Å². The molecule has 1 aromatic rings. The Balaban J connectivity index is 2.09. The fraction of sp³-hybridized carbons (Fsp3) is 0.923. The lowest BCUT2D eigenvalue weighted by Gasteiger charge is -2.42. The van der Waals surface area contributed by atoms with Crippen LogP contribution in [0.25, 0.3) is 0 Å². The van der Waals surface area contributed by atoms with Crippen molar-refractivity contribution in [1.29, 1.82) is 0 Å². The first kappa shape index (κ1) is 14.4. The zero-order chi connectivity index (χ0) is 13.9. The zero-order valence-corrected chi connectivity index (χ0v) is 12.6. The highest BCUT2D eigenvalue weighted by Gasteiger charge is 2.36. The highest BCUT2D eigenvalue weighted by Crippen LogP contribution is 2.25. The van der Waals surface area contributed by atoms with Gasteiger partial charge < -0.3 is 5.32 Å². The van der Waals surface area contributed by atoms with Crippen LogP contribution in [0.3, 0.4) is 0 Å². The topological polar surface area (TPSA) is 58.9 Å². The monoisotopic (exact) mass is 266 g/mol. The fourth-order valence-electron chi connectivity index (χ4n) is 2.92. The predicted octanol–water partition coefficient (Wildman–Crippen LogP) is 0.605. The van der Waals surface area contributed by atoms with Crippen LogP contribution in [0.2, 0.25) is 0 Å². The third kappa shape index (κ3) is 3.30. The normalized spacial score (nSPS) is 18.9. The van der Waals surface area contributed by atoms with E-state index in [1.54, 1.807) is 0 Å². The molecule has 0 bridgehead atoms. The molecular weight excluding hydrogens is 240 g/mol. The summed E-state index contributed by atoms with van der Waals surface area (Å²) in [5.41, 5.74) is 0.117. The van der Waals surface area contributed by atoms with Crippen LogP contribution in [0.5, 0.6) is 0 Å². The summed E-state index contributed by atoms with van der Waals surface area (Å²) in [6.45, 7) is 10.1. The van der Waals surface area contributed by atoms with E-state index in [4.69, 9.17) is 0 Å². The molecule has 0 aromatic carbocycles. The molecule has 1 fully saturated rings. The lowest BCUT2D eigenvalue weighted by atomic mass is 9.89. The van der Waals surface area contributed by atoms with Gasteiger partial charge in [0.2, 0.25) is 0 Å². The maximum absolute atomic E-state index is 4.31. The SMILES string of the molecule is CCNC(Cc1nnn(C)n1)C(C)(C)N1CCCC1. The Hall–Kier alpha value is -1.01. The fourth-order valence-corrected chi connectivity index (χ4v) is 2.92. The van der Waals surface area contributed by atoms with Gasteiger partial charge in [0.15, 0.2) is 5.82 Å². The number of nitrogens with zero attached hydrogens (tertiary/aromatic N) is 5. The minimum absolute atomic E-state index is 0.117. The smallest absolute Gasteiger partial charge is 0.176 e. The number of rotatable bonds is 6. The third-order valence-corrected chi connectivity index (χ3v) is 4.16. The van der Waals surface area contributed by atoms with Crippen LogP contribution in [0.15, 0.2) is 0 Å². The Labute approximate surface area is 115 Å². The molecule has 0 radical (unpaired) electrons. The largest absolute Gasteiger partial charge is 0.312 e. The standard InChI is InChI=1S/C13H26N6/c1-5-14-11(10-12-15-17-18(4)16-12)13(2,3)19-8-6-7-9-19/h11,14H,5-10H2,1-4H3. The maximum Gasteiger partial charge on any atom is 0.176 e. The van der Waals surface area contributed by atoms with E-state index < -0.39 is 0 Å². The van der Waals surface area contributed by atoms with Crippen molar-refractivity contribution in [2.24, 2.45) is 7.05 Å². The maximum atomic E-state index is 4.31. The Kier molecular flexibility index (Phi) is 4.52. The number of hydrogen-bond acceptors (Lipinski definition) is 5. The Morgan fingerprint density at radius 2 is 2.00 bits per heavy atom. The summed E-state index contributed by atoms with van der Waals surface area (Å²) in [6.07, 6.45) is 3.45. The van der Waals surface area contributed by atoms with Gasteiger partial charge in [0.1, 0.15) is 0 Å². The van der Waals surface area contributed by atoms with Gasteiger partial charge in [-0.25, -0.2) is 0 Å². The van der Waals surface area contributed by atoms with Crippen LogP contribution in [0, 0.1) is 0 Å². The van der Waals surface area contributed by atoms with Crippen molar-refractivity contribution in [3.05, 3.63) is 5.82 Å². The molecule has 6 nitrogen and oxygen atoms in total. The van der Waals surface area contributed by atoms with Crippen molar-refractivity contribution < 1.29 is 0 Å². The zero-order valence-electron chi connectivity index (χ0n) is 12.6. The third-order valence-electron chi connectivity index (χ3n) is 4.16. The number of hydrogen-bond donors (Lipinski definition) is 1. The Morgan fingerprint density at radius 1 is 1.32 bits per heavy atom. The summed E-state index contributed by atoms with van der Waals surface area (Å²) in [7, 11) is 1.81. The summed E-state index contributed by atoms with van der Waals surface area (Å²) in [4.78, 5) is 4.11. The van der Waals surface area contributed by atoms with Gasteiger partial charge in [0.25, 0.3) is 0 Å². The average molecular weight is 266 g/mol. The molecule has 0 amide bonds. The van der Waals surface area contributed by atoms with E-state index in [2.05, 4.69) is 46.4 Å². The second-order valence-corrected chi connectivity index (χ2v) is 5.86. The number of aryl methyl sites for hydroxylation is 1. The molecule has 6 heteroatoms. The molecule has 1 aliphatic heterocycles. The van der Waals surface area contributed by atoms with Gasteiger partial charge in [-0.3, -0.25) is 4.90 Å². The molecule has 1 aromatic heterocycles. The van der Waals surface area contributed by atoms with E-state index in [9.17, 15) is 0 Å². The number of aromatic nitrogens is 4. The van der Waals surface area contributed by atoms with E-state index in [0.29, 0.717) is 6.04 Å². The van der Waals surface area contributed by atoms with Gasteiger partial charge in [0.05, 0.1) is 7.05 Å². The number of nitrogens with one attached hydrogen (secondary N) is 1. The van der Waals surface area contributed by atoms with Gasteiger partial charge >= 0.3 is 0 Å². The van der Waals surface area contributed by atoms with Crippen LogP contribution in [0.1, 0.15) is 39.4 Å². The van der Waals surface area contributed by atoms with Crippen LogP contribution in [0.4, 0.5) is 0 Å². The van der Waals surface area contributed by atoms with E-state index in [1.807, 2.05) is 7.05 Å². The minimum atomic E-state index is 0.117. The molecule has 0 aliphatic carbocycles. The molecule has 2 rings (SSSR count).